The number of aromatic nitrogens is 5. The van der Waals surface area contributed by atoms with E-state index in [1.165, 1.54) is 13.2 Å². The van der Waals surface area contributed by atoms with Gasteiger partial charge in [0.25, 0.3) is 5.91 Å². The third kappa shape index (κ3) is 6.23. The van der Waals surface area contributed by atoms with Gasteiger partial charge in [-0.3, -0.25) is 24.2 Å². The van der Waals surface area contributed by atoms with Gasteiger partial charge in [-0.2, -0.15) is 18.3 Å². The third-order valence-corrected chi connectivity index (χ3v) is 9.29. The molecule has 0 spiro atoms. The van der Waals surface area contributed by atoms with Gasteiger partial charge >= 0.3 is 6.18 Å². The number of fused-ring (bicyclic) bond motifs is 2. The fourth-order valence-electron chi connectivity index (χ4n) is 6.93. The fourth-order valence-corrected chi connectivity index (χ4v) is 6.93. The van der Waals surface area contributed by atoms with E-state index in [4.69, 9.17) is 9.72 Å². The Labute approximate surface area is 280 Å². The molecule has 2 aliphatic heterocycles. The van der Waals surface area contributed by atoms with Crippen molar-refractivity contribution in [3.8, 4) is 16.9 Å². The molecular weight excluding hydrogens is 637 g/mol. The van der Waals surface area contributed by atoms with Crippen LogP contribution >= 0.6 is 0 Å². The smallest absolute Gasteiger partial charge is 0.435 e. The van der Waals surface area contributed by atoms with E-state index in [0.717, 1.165) is 34.2 Å². The Morgan fingerprint density at radius 1 is 0.980 bits per heavy atom. The maximum atomic E-state index is 14.5. The highest BCUT2D eigenvalue weighted by Crippen LogP contribution is 2.41. The van der Waals surface area contributed by atoms with E-state index in [2.05, 4.69) is 15.0 Å². The molecule has 0 bridgehead atoms. The van der Waals surface area contributed by atoms with Gasteiger partial charge in [-0.15, -0.1) is 0 Å². The van der Waals surface area contributed by atoms with Crippen LogP contribution in [0.3, 0.4) is 0 Å². The lowest BCUT2D eigenvalue weighted by molar-refractivity contribution is -0.141. The molecule has 2 aliphatic rings. The number of aryl methyl sites for hydroxylation is 1. The Bertz CT molecular complexity index is 2050. The van der Waals surface area contributed by atoms with Crippen LogP contribution in [0.1, 0.15) is 39.7 Å². The molecule has 0 atom stereocenters. The second-order valence-electron chi connectivity index (χ2n) is 12.5. The van der Waals surface area contributed by atoms with E-state index in [1.807, 2.05) is 17.0 Å². The molecule has 0 N–H and O–H groups in total. The third-order valence-electron chi connectivity index (χ3n) is 9.29. The van der Waals surface area contributed by atoms with Crippen LogP contribution in [0.2, 0.25) is 0 Å². The van der Waals surface area contributed by atoms with Gasteiger partial charge in [0.05, 0.1) is 24.6 Å². The summed E-state index contributed by atoms with van der Waals surface area (Å²) in [5.41, 5.74) is 3.14. The Morgan fingerprint density at radius 2 is 1.76 bits per heavy atom. The zero-order chi connectivity index (χ0) is 34.4. The number of pyridine rings is 1. The van der Waals surface area contributed by atoms with Crippen molar-refractivity contribution < 1.29 is 27.5 Å². The molecule has 2 amide bonds. The lowest BCUT2D eigenvalue weighted by Crippen LogP contribution is -2.47. The van der Waals surface area contributed by atoms with Crippen LogP contribution in [0.25, 0.3) is 22.0 Å². The van der Waals surface area contributed by atoms with Crippen molar-refractivity contribution in [3.63, 3.8) is 0 Å². The number of imidazole rings is 1. The Kier molecular flexibility index (Phi) is 8.35. The first kappa shape index (κ1) is 32.3. The average Bonchev–Trinajstić information content (AvgIpc) is 3.74. The van der Waals surface area contributed by atoms with Crippen molar-refractivity contribution in [2.45, 2.75) is 32.6 Å². The highest BCUT2D eigenvalue weighted by atomic mass is 19.4. The molecule has 5 aromatic rings. The van der Waals surface area contributed by atoms with Gasteiger partial charge < -0.3 is 19.1 Å². The summed E-state index contributed by atoms with van der Waals surface area (Å²) < 4.78 is 51.2. The Morgan fingerprint density at radius 3 is 2.45 bits per heavy atom. The van der Waals surface area contributed by atoms with Crippen LogP contribution in [-0.2, 0) is 37.5 Å². The number of amides is 2. The van der Waals surface area contributed by atoms with Gasteiger partial charge in [0.2, 0.25) is 5.91 Å². The number of benzene rings is 2. The monoisotopic (exact) mass is 672 g/mol. The van der Waals surface area contributed by atoms with E-state index in [9.17, 15) is 22.8 Å². The molecule has 14 heteroatoms. The molecule has 0 radical (unpaired) electrons. The molecule has 3 aromatic heterocycles. The number of halogens is 3. The van der Waals surface area contributed by atoms with Gasteiger partial charge in [0, 0.05) is 101 Å². The highest BCUT2D eigenvalue weighted by molar-refractivity contribution is 6.13. The second-order valence-corrected chi connectivity index (χ2v) is 12.5. The van der Waals surface area contributed by atoms with Gasteiger partial charge in [-0.05, 0) is 59.0 Å². The molecule has 0 aliphatic carbocycles. The molecule has 2 aromatic carbocycles. The lowest BCUT2D eigenvalue weighted by atomic mass is 9.87. The molecule has 1 saturated heterocycles. The molecule has 49 heavy (non-hydrogen) atoms. The number of ether oxygens (including phenoxy) is 1. The number of rotatable bonds is 7. The average molecular weight is 673 g/mol. The molecule has 11 nitrogen and oxygen atoms in total. The van der Waals surface area contributed by atoms with Crippen molar-refractivity contribution >= 4 is 28.4 Å². The lowest BCUT2D eigenvalue weighted by Gasteiger charge is -2.34. The summed E-state index contributed by atoms with van der Waals surface area (Å²) in [7, 11) is 3.04. The molecule has 1 fully saturated rings. The van der Waals surface area contributed by atoms with Crippen LogP contribution in [-0.4, -0.2) is 85.8 Å². The van der Waals surface area contributed by atoms with Crippen LogP contribution < -0.4 is 9.64 Å². The van der Waals surface area contributed by atoms with Crippen LogP contribution in [0.15, 0.2) is 61.4 Å². The number of piperazine rings is 1. The minimum atomic E-state index is -4.68. The van der Waals surface area contributed by atoms with Gasteiger partial charge in [-0.1, -0.05) is 0 Å². The van der Waals surface area contributed by atoms with E-state index in [0.29, 0.717) is 66.3 Å². The minimum Gasteiger partial charge on any atom is -0.497 e. The number of hydrogen-bond donors (Lipinski definition) is 0. The minimum absolute atomic E-state index is 0.0622. The number of anilines is 1. The largest absolute Gasteiger partial charge is 0.497 e. The summed E-state index contributed by atoms with van der Waals surface area (Å²) >= 11 is 0. The van der Waals surface area contributed by atoms with Crippen LogP contribution in [0.4, 0.5) is 18.9 Å². The summed E-state index contributed by atoms with van der Waals surface area (Å²) in [4.78, 5) is 40.9. The van der Waals surface area contributed by atoms with Crippen molar-refractivity contribution in [1.82, 2.24) is 34.1 Å². The van der Waals surface area contributed by atoms with Gasteiger partial charge in [0.1, 0.15) is 5.75 Å². The normalized spacial score (nSPS) is 15.6. The first-order chi connectivity index (χ1) is 23.5. The predicted octanol–water partition coefficient (Wildman–Crippen LogP) is 4.77. The van der Waals surface area contributed by atoms with Gasteiger partial charge in [0.15, 0.2) is 5.69 Å². The van der Waals surface area contributed by atoms with E-state index in [-0.39, 0.29) is 23.9 Å². The van der Waals surface area contributed by atoms with Crippen LogP contribution in [0, 0.1) is 0 Å². The second kappa shape index (κ2) is 12.7. The highest BCUT2D eigenvalue weighted by Gasteiger charge is 2.39. The predicted molar refractivity (Wildman–Crippen MR) is 176 cm³/mol. The summed E-state index contributed by atoms with van der Waals surface area (Å²) in [6.45, 7) is 5.45. The number of hydrogen-bond acceptors (Lipinski definition) is 7. The number of nitrogens with zero attached hydrogens (tertiary/aromatic N) is 8. The molecule has 254 valence electrons. The standard InChI is InChI=1S/C35H35F3N8O3/c1-22(47)45-12-10-43(11-13-45)19-24-16-25(49-3)17-29-31(4-6-40-32(24)29)46-8-5-26-27(30-20-42(2)41-33(30)35(36,37)38)14-23(15-28(26)34(46)48)18-44-9-7-39-21-44/h4,6-7,9,14-17,20-21H,5,8,10-13,18-19H2,1-3H3. The quantitative estimate of drug-likeness (QED) is 0.246. The van der Waals surface area contributed by atoms with Crippen molar-refractivity contribution in [2.75, 3.05) is 44.7 Å². The first-order valence-electron chi connectivity index (χ1n) is 16.0. The number of carbonyl (C=O) groups is 2. The van der Waals surface area contributed by atoms with Gasteiger partial charge in [-0.25, -0.2) is 4.98 Å². The summed E-state index contributed by atoms with van der Waals surface area (Å²) in [5, 5.41) is 4.48. The van der Waals surface area contributed by atoms with Crippen molar-refractivity contribution in [2.24, 2.45) is 7.05 Å². The number of methoxy groups -OCH3 is 1. The Hall–Kier alpha value is -5.24. The van der Waals surface area contributed by atoms with Crippen molar-refractivity contribution in [3.05, 3.63) is 89.4 Å². The maximum Gasteiger partial charge on any atom is 0.435 e. The fraction of sp³-hybridized carbons (Fsp3) is 0.343. The maximum absolute atomic E-state index is 14.5. The van der Waals surface area contributed by atoms with Crippen LogP contribution in [0.5, 0.6) is 5.75 Å². The molecular formula is C35H35F3N8O3. The summed E-state index contributed by atoms with van der Waals surface area (Å²) in [5.74, 6) is 0.363. The first-order valence-corrected chi connectivity index (χ1v) is 16.0. The molecule has 7 rings (SSSR count). The summed E-state index contributed by atoms with van der Waals surface area (Å²) in [6.07, 6.45) is 3.69. The molecule has 5 heterocycles. The zero-order valence-electron chi connectivity index (χ0n) is 27.4. The number of carbonyl (C=O) groups excluding carboxylic acids is 2. The zero-order valence-corrected chi connectivity index (χ0v) is 27.4. The summed E-state index contributed by atoms with van der Waals surface area (Å²) in [6, 6.07) is 9.10. The molecule has 0 saturated carbocycles. The Balaban J connectivity index is 1.30. The van der Waals surface area contributed by atoms with E-state index >= 15 is 0 Å². The van der Waals surface area contributed by atoms with E-state index in [1.54, 1.807) is 66.6 Å². The number of alkyl halides is 3. The topological polar surface area (TPSA) is 102 Å². The SMILES string of the molecule is COc1cc(CN2CCN(C(C)=O)CC2)c2nccc(N3CCc4c(cc(Cn5ccnc5)cc4-c4cn(C)nc4C(F)(F)F)C3=O)c2c1. The van der Waals surface area contributed by atoms with E-state index < -0.39 is 11.9 Å². The molecule has 0 unspecified atom stereocenters. The van der Waals surface area contributed by atoms with Crippen molar-refractivity contribution in [1.29, 1.82) is 0 Å².